The van der Waals surface area contributed by atoms with Crippen molar-refractivity contribution in [3.63, 3.8) is 0 Å². The van der Waals surface area contributed by atoms with Crippen LogP contribution in [0, 0.1) is 0 Å². The van der Waals surface area contributed by atoms with Crippen LogP contribution in [0.4, 0.5) is 0 Å². The lowest BCUT2D eigenvalue weighted by atomic mass is 10.3. The number of nitrogens with zero attached hydrogens (tertiary/aromatic N) is 1. The molecule has 4 nitrogen and oxygen atoms in total. The van der Waals surface area contributed by atoms with Crippen molar-refractivity contribution in [1.29, 1.82) is 0 Å². The zero-order chi connectivity index (χ0) is 8.81. The van der Waals surface area contributed by atoms with Gasteiger partial charge < -0.3 is 4.74 Å². The van der Waals surface area contributed by atoms with Crippen LogP contribution in [0.3, 0.4) is 0 Å². The fourth-order valence-corrected chi connectivity index (χ4v) is 0.933. The smallest absolute Gasteiger partial charge is 0.210 e. The Hall–Kier alpha value is -1.10. The van der Waals surface area contributed by atoms with E-state index >= 15 is 0 Å². The standard InChI is InChI=1S/C7H10N2O2S/c1-2-12(10)9-8-7-5-3-4-6-11-7/h2-4,9H,1,5-6H2/b8-7+. The van der Waals surface area contributed by atoms with Gasteiger partial charge in [0.05, 0.1) is 0 Å². The molecule has 0 aliphatic carbocycles. The molecule has 1 N–H and O–H groups in total. The molecule has 0 aromatic carbocycles. The molecule has 1 aliphatic heterocycles. The summed E-state index contributed by atoms with van der Waals surface area (Å²) in [5.74, 6) is 0.549. The second kappa shape index (κ2) is 4.71. The van der Waals surface area contributed by atoms with Gasteiger partial charge in [0.15, 0.2) is 11.0 Å². The highest BCUT2D eigenvalue weighted by atomic mass is 32.2. The summed E-state index contributed by atoms with van der Waals surface area (Å²) in [5.41, 5.74) is 0. The molecule has 1 heterocycles. The predicted molar refractivity (Wildman–Crippen MR) is 48.6 cm³/mol. The second-order valence-corrected chi connectivity index (χ2v) is 3.16. The lowest BCUT2D eigenvalue weighted by molar-refractivity contribution is 0.333. The molecule has 0 fully saturated rings. The van der Waals surface area contributed by atoms with Crippen molar-refractivity contribution in [2.24, 2.45) is 5.10 Å². The zero-order valence-corrected chi connectivity index (χ0v) is 7.34. The maximum Gasteiger partial charge on any atom is 0.210 e. The minimum absolute atomic E-state index is 0.529. The van der Waals surface area contributed by atoms with Gasteiger partial charge in [-0.15, -0.1) is 5.10 Å². The Labute approximate surface area is 73.6 Å². The maximum atomic E-state index is 10.8. The SMILES string of the molecule is C=CS(=O)N/N=C1\CC=CCO1. The van der Waals surface area contributed by atoms with Crippen molar-refractivity contribution >= 4 is 16.9 Å². The molecular formula is C7H10N2O2S. The average Bonchev–Trinajstić information content (AvgIpc) is 2.16. The quantitative estimate of drug-likeness (QED) is 0.520. The lowest BCUT2D eigenvalue weighted by Gasteiger charge is -2.08. The van der Waals surface area contributed by atoms with Gasteiger partial charge in [0.1, 0.15) is 6.61 Å². The fraction of sp³-hybridized carbons (Fsp3) is 0.286. The summed E-state index contributed by atoms with van der Waals surface area (Å²) in [7, 11) is -1.31. The van der Waals surface area contributed by atoms with Crippen molar-refractivity contribution in [3.05, 3.63) is 24.1 Å². The first-order valence-electron chi connectivity index (χ1n) is 3.46. The molecule has 0 amide bonds. The van der Waals surface area contributed by atoms with E-state index in [4.69, 9.17) is 4.74 Å². The van der Waals surface area contributed by atoms with Gasteiger partial charge in [-0.2, -0.15) is 0 Å². The largest absolute Gasteiger partial charge is 0.475 e. The monoisotopic (exact) mass is 186 g/mol. The molecule has 0 bridgehead atoms. The van der Waals surface area contributed by atoms with Crippen molar-refractivity contribution < 1.29 is 8.95 Å². The number of nitrogens with one attached hydrogen (secondary N) is 1. The molecule has 0 radical (unpaired) electrons. The first-order chi connectivity index (χ1) is 5.83. The van der Waals surface area contributed by atoms with Crippen molar-refractivity contribution in [3.8, 4) is 0 Å². The molecule has 0 aromatic rings. The van der Waals surface area contributed by atoms with Gasteiger partial charge >= 0.3 is 0 Å². The van der Waals surface area contributed by atoms with Crippen LogP contribution >= 0.6 is 0 Å². The van der Waals surface area contributed by atoms with Gasteiger partial charge in [-0.05, 0) is 0 Å². The molecule has 66 valence electrons. The number of rotatable bonds is 3. The Morgan fingerprint density at radius 3 is 3.17 bits per heavy atom. The molecule has 0 spiro atoms. The van der Waals surface area contributed by atoms with Crippen LogP contribution in [0.2, 0.25) is 0 Å². The second-order valence-electron chi connectivity index (χ2n) is 2.05. The normalized spacial score (nSPS) is 21.5. The van der Waals surface area contributed by atoms with E-state index in [9.17, 15) is 4.21 Å². The third-order valence-electron chi connectivity index (χ3n) is 1.22. The van der Waals surface area contributed by atoms with Crippen LogP contribution in [0.1, 0.15) is 6.42 Å². The predicted octanol–water partition coefficient (Wildman–Crippen LogP) is 0.673. The highest BCUT2D eigenvalue weighted by Gasteiger charge is 2.01. The van der Waals surface area contributed by atoms with Gasteiger partial charge in [-0.1, -0.05) is 18.7 Å². The molecule has 0 aromatic heterocycles. The summed E-state index contributed by atoms with van der Waals surface area (Å²) in [6.07, 6.45) is 4.49. The van der Waals surface area contributed by atoms with Crippen molar-refractivity contribution in [2.75, 3.05) is 6.61 Å². The minimum atomic E-state index is -1.31. The van der Waals surface area contributed by atoms with E-state index in [1.165, 1.54) is 5.41 Å². The Bertz CT molecular complexity index is 248. The van der Waals surface area contributed by atoms with Crippen LogP contribution in [-0.4, -0.2) is 16.7 Å². The van der Waals surface area contributed by atoms with E-state index in [0.29, 0.717) is 18.9 Å². The summed E-state index contributed by atoms with van der Waals surface area (Å²) in [4.78, 5) is 2.39. The average molecular weight is 186 g/mol. The van der Waals surface area contributed by atoms with Crippen LogP contribution in [0.25, 0.3) is 0 Å². The van der Waals surface area contributed by atoms with Gasteiger partial charge in [0, 0.05) is 11.8 Å². The number of hydrogen-bond acceptors (Lipinski definition) is 3. The summed E-state index contributed by atoms with van der Waals surface area (Å²) in [6, 6.07) is 0. The molecule has 1 atom stereocenters. The Morgan fingerprint density at radius 1 is 1.75 bits per heavy atom. The Balaban J connectivity index is 2.40. The molecule has 0 saturated carbocycles. The first-order valence-corrected chi connectivity index (χ1v) is 4.67. The highest BCUT2D eigenvalue weighted by Crippen LogP contribution is 1.98. The van der Waals surface area contributed by atoms with Crippen LogP contribution in [0.15, 0.2) is 29.2 Å². The molecule has 12 heavy (non-hydrogen) atoms. The summed E-state index contributed by atoms with van der Waals surface area (Å²) in [6.45, 7) is 3.87. The number of ether oxygens (including phenoxy) is 1. The van der Waals surface area contributed by atoms with E-state index in [2.05, 4.69) is 16.5 Å². The fourth-order valence-electron chi connectivity index (χ4n) is 0.667. The van der Waals surface area contributed by atoms with Gasteiger partial charge in [0.25, 0.3) is 0 Å². The first kappa shape index (κ1) is 8.99. The third-order valence-corrected chi connectivity index (χ3v) is 1.79. The molecular weight excluding hydrogens is 176 g/mol. The maximum absolute atomic E-state index is 10.8. The van der Waals surface area contributed by atoms with E-state index in [-0.39, 0.29) is 0 Å². The number of hydrogen-bond donors (Lipinski definition) is 1. The Morgan fingerprint density at radius 2 is 2.58 bits per heavy atom. The lowest BCUT2D eigenvalue weighted by Crippen LogP contribution is -2.15. The third kappa shape index (κ3) is 2.87. The molecule has 1 aliphatic rings. The topological polar surface area (TPSA) is 50.7 Å². The van der Waals surface area contributed by atoms with E-state index < -0.39 is 11.0 Å². The molecule has 1 unspecified atom stereocenters. The minimum Gasteiger partial charge on any atom is -0.475 e. The van der Waals surface area contributed by atoms with Crippen LogP contribution in [0.5, 0.6) is 0 Å². The van der Waals surface area contributed by atoms with E-state index in [1.807, 2.05) is 12.2 Å². The summed E-state index contributed by atoms with van der Waals surface area (Å²) in [5, 5.41) is 5.04. The molecule has 0 saturated heterocycles. The zero-order valence-electron chi connectivity index (χ0n) is 6.53. The highest BCUT2D eigenvalue weighted by molar-refractivity contribution is 7.85. The van der Waals surface area contributed by atoms with Crippen molar-refractivity contribution in [1.82, 2.24) is 4.83 Å². The van der Waals surface area contributed by atoms with E-state index in [0.717, 1.165) is 0 Å². The van der Waals surface area contributed by atoms with Gasteiger partial charge in [0.2, 0.25) is 5.90 Å². The molecule has 5 heteroatoms. The van der Waals surface area contributed by atoms with E-state index in [1.54, 1.807) is 0 Å². The van der Waals surface area contributed by atoms with Gasteiger partial charge in [-0.25, -0.2) is 9.04 Å². The number of hydrazone groups is 1. The van der Waals surface area contributed by atoms with Crippen LogP contribution in [-0.2, 0) is 15.7 Å². The summed E-state index contributed by atoms with van der Waals surface area (Å²) >= 11 is 0. The summed E-state index contributed by atoms with van der Waals surface area (Å²) < 4.78 is 15.9. The Kier molecular flexibility index (Phi) is 3.53. The molecule has 1 rings (SSSR count). The van der Waals surface area contributed by atoms with Gasteiger partial charge in [-0.3, -0.25) is 0 Å². The van der Waals surface area contributed by atoms with Crippen molar-refractivity contribution in [2.45, 2.75) is 6.42 Å². The van der Waals surface area contributed by atoms with Crippen LogP contribution < -0.4 is 4.83 Å².